The molecule has 0 saturated heterocycles. The number of carbonyl (C=O) groups excluding carboxylic acids is 1. The third kappa shape index (κ3) is 4.40. The van der Waals surface area contributed by atoms with Crippen molar-refractivity contribution in [1.82, 2.24) is 19.7 Å². The van der Waals surface area contributed by atoms with Crippen molar-refractivity contribution in [2.75, 3.05) is 13.6 Å². The van der Waals surface area contributed by atoms with Crippen LogP contribution in [0.5, 0.6) is 0 Å². The van der Waals surface area contributed by atoms with Crippen LogP contribution >= 0.6 is 12.4 Å². The van der Waals surface area contributed by atoms with Crippen LogP contribution in [-0.2, 0) is 13.1 Å². The third-order valence-corrected chi connectivity index (χ3v) is 5.44. The molecular formula is C23H28ClN5O. The minimum atomic E-state index is 0. The Labute approximate surface area is 183 Å². The lowest BCUT2D eigenvalue weighted by Gasteiger charge is -2.10. The Morgan fingerprint density at radius 3 is 2.70 bits per heavy atom. The van der Waals surface area contributed by atoms with Crippen LogP contribution in [0.1, 0.15) is 40.9 Å². The van der Waals surface area contributed by atoms with Crippen LogP contribution in [0, 0.1) is 6.92 Å². The van der Waals surface area contributed by atoms with E-state index in [-0.39, 0.29) is 18.3 Å². The summed E-state index contributed by atoms with van der Waals surface area (Å²) in [5, 5.41) is 4.52. The zero-order valence-electron chi connectivity index (χ0n) is 17.5. The number of benzene rings is 1. The third-order valence-electron chi connectivity index (χ3n) is 5.44. The van der Waals surface area contributed by atoms with Crippen LogP contribution in [0.15, 0.2) is 42.7 Å². The van der Waals surface area contributed by atoms with Crippen LogP contribution < -0.4 is 5.73 Å². The lowest BCUT2D eigenvalue weighted by molar-refractivity contribution is 0.0816. The summed E-state index contributed by atoms with van der Waals surface area (Å²) in [7, 11) is 1.83. The SMILES string of the molecule is Cc1ccc(-c2cnn(CCCCCN)c2)c(-c2ccc3c(c2)C(=O)N(C)C3)n1.Cl. The van der Waals surface area contributed by atoms with Gasteiger partial charge in [-0.3, -0.25) is 14.5 Å². The van der Waals surface area contributed by atoms with Crippen molar-refractivity contribution in [1.29, 1.82) is 0 Å². The Hall–Kier alpha value is -2.70. The molecule has 1 amide bonds. The van der Waals surface area contributed by atoms with Gasteiger partial charge in [-0.1, -0.05) is 24.6 Å². The molecule has 3 aromatic rings. The van der Waals surface area contributed by atoms with Gasteiger partial charge < -0.3 is 10.6 Å². The normalized spacial score (nSPS) is 12.8. The van der Waals surface area contributed by atoms with Crippen LogP contribution in [0.4, 0.5) is 0 Å². The van der Waals surface area contributed by atoms with Crippen LogP contribution in [0.25, 0.3) is 22.4 Å². The molecule has 7 heteroatoms. The van der Waals surface area contributed by atoms with E-state index in [1.165, 1.54) is 0 Å². The topological polar surface area (TPSA) is 77.0 Å². The lowest BCUT2D eigenvalue weighted by Crippen LogP contribution is -2.17. The number of aryl methyl sites for hydroxylation is 2. The molecule has 6 nitrogen and oxygen atoms in total. The first-order chi connectivity index (χ1) is 14.1. The molecule has 0 spiro atoms. The minimum Gasteiger partial charge on any atom is -0.337 e. The number of nitrogens with two attached hydrogens (primary N) is 1. The number of nitrogens with zero attached hydrogens (tertiary/aromatic N) is 4. The quantitative estimate of drug-likeness (QED) is 0.579. The number of aromatic nitrogens is 3. The van der Waals surface area contributed by atoms with E-state index >= 15 is 0 Å². The summed E-state index contributed by atoms with van der Waals surface area (Å²) in [6.07, 6.45) is 7.19. The molecular weight excluding hydrogens is 398 g/mol. The second kappa shape index (κ2) is 9.41. The van der Waals surface area contributed by atoms with E-state index in [0.717, 1.165) is 71.6 Å². The Kier molecular flexibility index (Phi) is 6.90. The second-order valence-corrected chi connectivity index (χ2v) is 7.72. The van der Waals surface area contributed by atoms with E-state index in [0.29, 0.717) is 6.54 Å². The largest absolute Gasteiger partial charge is 0.337 e. The highest BCUT2D eigenvalue weighted by atomic mass is 35.5. The predicted molar refractivity (Wildman–Crippen MR) is 122 cm³/mol. The molecule has 2 aromatic heterocycles. The molecule has 1 aliphatic heterocycles. The van der Waals surface area contributed by atoms with Gasteiger partial charge >= 0.3 is 0 Å². The van der Waals surface area contributed by atoms with Gasteiger partial charge in [0.05, 0.1) is 11.9 Å². The molecule has 1 aromatic carbocycles. The highest BCUT2D eigenvalue weighted by molar-refractivity contribution is 5.99. The van der Waals surface area contributed by atoms with Gasteiger partial charge in [0.2, 0.25) is 0 Å². The zero-order chi connectivity index (χ0) is 20.4. The predicted octanol–water partition coefficient (Wildman–Crippen LogP) is 4.06. The molecule has 30 heavy (non-hydrogen) atoms. The number of hydrogen-bond acceptors (Lipinski definition) is 4. The Morgan fingerprint density at radius 1 is 1.07 bits per heavy atom. The highest BCUT2D eigenvalue weighted by Gasteiger charge is 2.25. The number of fused-ring (bicyclic) bond motifs is 1. The van der Waals surface area contributed by atoms with Gasteiger partial charge in [0.25, 0.3) is 5.91 Å². The van der Waals surface area contributed by atoms with Crippen LogP contribution in [-0.4, -0.2) is 39.2 Å². The van der Waals surface area contributed by atoms with Crippen LogP contribution in [0.2, 0.25) is 0 Å². The van der Waals surface area contributed by atoms with E-state index in [9.17, 15) is 4.79 Å². The maximum absolute atomic E-state index is 12.4. The van der Waals surface area contributed by atoms with Gasteiger partial charge in [-0.25, -0.2) is 0 Å². The van der Waals surface area contributed by atoms with Gasteiger partial charge in [0, 0.05) is 54.3 Å². The number of amides is 1. The first-order valence-corrected chi connectivity index (χ1v) is 10.2. The fourth-order valence-corrected chi connectivity index (χ4v) is 3.82. The van der Waals surface area contributed by atoms with E-state index in [2.05, 4.69) is 23.4 Å². The number of pyridine rings is 1. The van der Waals surface area contributed by atoms with E-state index in [4.69, 9.17) is 10.7 Å². The maximum atomic E-state index is 12.4. The first-order valence-electron chi connectivity index (χ1n) is 10.2. The van der Waals surface area contributed by atoms with Gasteiger partial charge in [0.15, 0.2) is 0 Å². The highest BCUT2D eigenvalue weighted by Crippen LogP contribution is 2.33. The summed E-state index contributed by atoms with van der Waals surface area (Å²) >= 11 is 0. The van der Waals surface area contributed by atoms with Crippen molar-refractivity contribution in [2.45, 2.75) is 39.3 Å². The van der Waals surface area contributed by atoms with Gasteiger partial charge in [-0.2, -0.15) is 5.10 Å². The fraction of sp³-hybridized carbons (Fsp3) is 0.348. The van der Waals surface area contributed by atoms with Gasteiger partial charge in [0.1, 0.15) is 0 Å². The fourth-order valence-electron chi connectivity index (χ4n) is 3.82. The summed E-state index contributed by atoms with van der Waals surface area (Å²) in [6.45, 7) is 4.27. The van der Waals surface area contributed by atoms with Gasteiger partial charge in [-0.05, 0) is 44.0 Å². The smallest absolute Gasteiger partial charge is 0.254 e. The van der Waals surface area contributed by atoms with Crippen molar-refractivity contribution in [3.8, 4) is 22.4 Å². The molecule has 0 atom stereocenters. The van der Waals surface area contributed by atoms with Crippen molar-refractivity contribution in [2.24, 2.45) is 5.73 Å². The number of halogens is 1. The van der Waals surface area contributed by atoms with Crippen molar-refractivity contribution >= 4 is 18.3 Å². The lowest BCUT2D eigenvalue weighted by atomic mass is 9.98. The number of rotatable bonds is 7. The molecule has 3 heterocycles. The van der Waals surface area contributed by atoms with E-state index in [1.54, 1.807) is 4.90 Å². The average molecular weight is 426 g/mol. The van der Waals surface area contributed by atoms with Crippen molar-refractivity contribution < 1.29 is 4.79 Å². The van der Waals surface area contributed by atoms with Crippen LogP contribution in [0.3, 0.4) is 0 Å². The maximum Gasteiger partial charge on any atom is 0.254 e. The molecule has 4 rings (SSSR count). The Morgan fingerprint density at radius 2 is 1.90 bits per heavy atom. The number of hydrogen-bond donors (Lipinski definition) is 1. The molecule has 158 valence electrons. The average Bonchev–Trinajstić information content (AvgIpc) is 3.30. The van der Waals surface area contributed by atoms with E-state index in [1.807, 2.05) is 43.0 Å². The Balaban J connectivity index is 0.00000256. The first kappa shape index (κ1) is 22.0. The van der Waals surface area contributed by atoms with Crippen molar-refractivity contribution in [3.05, 3.63) is 59.5 Å². The Bertz CT molecular complexity index is 1050. The molecule has 0 aliphatic carbocycles. The molecule has 0 saturated carbocycles. The number of unbranched alkanes of at least 4 members (excludes halogenated alkanes) is 2. The molecule has 1 aliphatic rings. The van der Waals surface area contributed by atoms with Crippen molar-refractivity contribution in [3.63, 3.8) is 0 Å². The summed E-state index contributed by atoms with van der Waals surface area (Å²) in [4.78, 5) is 19.0. The minimum absolute atomic E-state index is 0. The summed E-state index contributed by atoms with van der Waals surface area (Å²) < 4.78 is 1.98. The van der Waals surface area contributed by atoms with E-state index < -0.39 is 0 Å². The molecule has 2 N–H and O–H groups in total. The molecule has 0 bridgehead atoms. The monoisotopic (exact) mass is 425 g/mol. The summed E-state index contributed by atoms with van der Waals surface area (Å²) in [6, 6.07) is 10.2. The molecule has 0 fully saturated rings. The number of carbonyl (C=O) groups is 1. The summed E-state index contributed by atoms with van der Waals surface area (Å²) in [5.74, 6) is 0.0707. The standard InChI is InChI=1S/C23H27N5O.ClH/c1-16-6-9-20(19-13-25-28(15-19)11-5-3-4-10-24)22(26-16)17-7-8-18-14-27(2)23(29)21(18)12-17;/h6-9,12-13,15H,3-5,10-11,14,24H2,1-2H3;1H. The second-order valence-electron chi connectivity index (χ2n) is 7.72. The van der Waals surface area contributed by atoms with Gasteiger partial charge in [-0.15, -0.1) is 12.4 Å². The zero-order valence-corrected chi connectivity index (χ0v) is 18.3. The molecule has 0 unspecified atom stereocenters. The molecule has 0 radical (unpaired) electrons. The summed E-state index contributed by atoms with van der Waals surface area (Å²) in [5.41, 5.74) is 12.3.